The summed E-state index contributed by atoms with van der Waals surface area (Å²) in [4.78, 5) is 4.91. The Kier molecular flexibility index (Phi) is 11.6. The van der Waals surface area contributed by atoms with E-state index in [1.807, 2.05) is 11.3 Å². The summed E-state index contributed by atoms with van der Waals surface area (Å²) in [6, 6.07) is 94.8. The zero-order valence-electron chi connectivity index (χ0n) is 44.6. The molecule has 1 atom stereocenters. The van der Waals surface area contributed by atoms with Gasteiger partial charge in [0.25, 0.3) is 0 Å². The Labute approximate surface area is 470 Å². The Morgan fingerprint density at radius 3 is 1.79 bits per heavy atom. The summed E-state index contributed by atoms with van der Waals surface area (Å²) < 4.78 is 5.07. The van der Waals surface area contributed by atoms with Crippen LogP contribution < -0.4 is 9.80 Å². The molecule has 2 heterocycles. The maximum Gasteiger partial charge on any atom is 0.0547 e. The zero-order chi connectivity index (χ0) is 53.3. The molecule has 2 aromatic heterocycles. The second kappa shape index (κ2) is 19.6. The van der Waals surface area contributed by atoms with Gasteiger partial charge in [-0.05, 0) is 167 Å². The van der Waals surface area contributed by atoms with Gasteiger partial charge in [-0.3, -0.25) is 0 Å². The number of hydrogen-bond donors (Lipinski definition) is 0. The van der Waals surface area contributed by atoms with Crippen molar-refractivity contribution in [1.29, 1.82) is 0 Å². The number of allylic oxidation sites excluding steroid dienone is 4. The molecule has 0 amide bonds. The third-order valence-electron chi connectivity index (χ3n) is 16.5. The van der Waals surface area contributed by atoms with Crippen LogP contribution in [0.3, 0.4) is 0 Å². The third kappa shape index (κ3) is 8.10. The minimum absolute atomic E-state index is 0.374. The molecule has 0 bridgehead atoms. The molecule has 3 nitrogen and oxygen atoms in total. The van der Waals surface area contributed by atoms with Crippen molar-refractivity contribution >= 4 is 109 Å². The van der Waals surface area contributed by atoms with Crippen LogP contribution in [0.2, 0.25) is 0 Å². The predicted molar refractivity (Wildman–Crippen MR) is 344 cm³/mol. The highest BCUT2D eigenvalue weighted by Crippen LogP contribution is 2.48. The Morgan fingerprint density at radius 1 is 0.412 bits per heavy atom. The maximum absolute atomic E-state index is 2.50. The van der Waals surface area contributed by atoms with E-state index in [4.69, 9.17) is 0 Å². The fourth-order valence-electron chi connectivity index (χ4n) is 12.7. The monoisotopic (exact) mass is 1040 g/mol. The van der Waals surface area contributed by atoms with Gasteiger partial charge in [-0.25, -0.2) is 0 Å². The van der Waals surface area contributed by atoms with E-state index in [1.165, 1.54) is 97.0 Å². The molecule has 0 N–H and O–H groups in total. The number of aryl methyl sites for hydroxylation is 2. The molecule has 380 valence electrons. The van der Waals surface area contributed by atoms with Crippen molar-refractivity contribution in [3.8, 4) is 27.9 Å². The van der Waals surface area contributed by atoms with E-state index in [9.17, 15) is 0 Å². The lowest BCUT2D eigenvalue weighted by Gasteiger charge is -2.28. The fraction of sp³-hybridized carbons (Fsp3) is 0.0526. The first-order chi connectivity index (χ1) is 39.5. The standard InChI is InChI=1S/C76H55N3S/c1-50-18-6-9-29-63(50)75-51(2)36-43-72-76(75)68-49-61(41-44-71(68)79(72)70-34-17-24-55-22-8-11-31-65(55)70)77(62-42-45-74-67(48-62)66-32-12-13-35-73(66)80-74)59-27-14-25-56(46-59)57-26-15-28-60(47-57)78(69-33-16-23-54-21-7-10-30-64(54)69)58-39-37-53(38-40-58)52-19-4-3-5-20-52/h3-19,21-49,52H,20H2,1-2H3. The Balaban J connectivity index is 0.926. The topological polar surface area (TPSA) is 11.4 Å². The van der Waals surface area contributed by atoms with E-state index in [1.54, 1.807) is 0 Å². The summed E-state index contributed by atoms with van der Waals surface area (Å²) in [6.45, 7) is 4.51. The second-order valence-electron chi connectivity index (χ2n) is 21.3. The van der Waals surface area contributed by atoms with Crippen LogP contribution in [0.15, 0.2) is 279 Å². The third-order valence-corrected chi connectivity index (χ3v) is 17.7. The van der Waals surface area contributed by atoms with Crippen molar-refractivity contribution in [3.05, 3.63) is 296 Å². The van der Waals surface area contributed by atoms with E-state index in [2.05, 4.69) is 307 Å². The first kappa shape index (κ1) is 47.5. The average Bonchev–Trinajstić information content (AvgIpc) is 4.21. The van der Waals surface area contributed by atoms with E-state index < -0.39 is 0 Å². The first-order valence-corrected chi connectivity index (χ1v) is 28.6. The number of rotatable bonds is 10. The summed E-state index contributed by atoms with van der Waals surface area (Å²) in [5.74, 6) is 0.374. The van der Waals surface area contributed by atoms with Crippen molar-refractivity contribution in [2.24, 2.45) is 0 Å². The molecule has 14 aromatic rings. The van der Waals surface area contributed by atoms with Crippen molar-refractivity contribution in [2.75, 3.05) is 9.80 Å². The molecule has 1 unspecified atom stereocenters. The van der Waals surface area contributed by atoms with Crippen LogP contribution in [0, 0.1) is 13.8 Å². The number of aromatic nitrogens is 1. The molecular formula is C76H55N3S. The zero-order valence-corrected chi connectivity index (χ0v) is 45.4. The quantitative estimate of drug-likeness (QED) is 0.135. The molecule has 1 aliphatic rings. The molecule has 1 aliphatic carbocycles. The highest BCUT2D eigenvalue weighted by Gasteiger charge is 2.24. The van der Waals surface area contributed by atoms with Crippen LogP contribution in [-0.4, -0.2) is 4.57 Å². The smallest absolute Gasteiger partial charge is 0.0547 e. The van der Waals surface area contributed by atoms with Gasteiger partial charge in [-0.15, -0.1) is 11.3 Å². The molecule has 80 heavy (non-hydrogen) atoms. The van der Waals surface area contributed by atoms with E-state index in [-0.39, 0.29) is 0 Å². The Morgan fingerprint density at radius 2 is 1.01 bits per heavy atom. The van der Waals surface area contributed by atoms with Gasteiger partial charge in [0.15, 0.2) is 0 Å². The van der Waals surface area contributed by atoms with Crippen LogP contribution in [-0.2, 0) is 0 Å². The number of hydrogen-bond acceptors (Lipinski definition) is 3. The van der Waals surface area contributed by atoms with E-state index >= 15 is 0 Å². The normalized spacial score (nSPS) is 13.3. The first-order valence-electron chi connectivity index (χ1n) is 27.8. The second-order valence-corrected chi connectivity index (χ2v) is 22.4. The number of nitrogens with zero attached hydrogens (tertiary/aromatic N) is 3. The van der Waals surface area contributed by atoms with Gasteiger partial charge in [0.2, 0.25) is 0 Å². The van der Waals surface area contributed by atoms with Crippen molar-refractivity contribution in [1.82, 2.24) is 4.57 Å². The van der Waals surface area contributed by atoms with Gasteiger partial charge in [-0.2, -0.15) is 0 Å². The minimum atomic E-state index is 0.374. The molecular weight excluding hydrogens is 987 g/mol. The summed E-state index contributed by atoms with van der Waals surface area (Å²) in [5, 5.41) is 9.85. The molecule has 0 saturated heterocycles. The summed E-state index contributed by atoms with van der Waals surface area (Å²) >= 11 is 1.86. The molecule has 12 aromatic carbocycles. The summed E-state index contributed by atoms with van der Waals surface area (Å²) in [7, 11) is 0. The van der Waals surface area contributed by atoms with Crippen LogP contribution in [0.4, 0.5) is 34.1 Å². The highest BCUT2D eigenvalue weighted by molar-refractivity contribution is 7.25. The van der Waals surface area contributed by atoms with Gasteiger partial charge in [0.1, 0.15) is 0 Å². The molecule has 0 spiro atoms. The van der Waals surface area contributed by atoms with Crippen molar-refractivity contribution in [3.63, 3.8) is 0 Å². The number of benzene rings is 12. The Hall–Kier alpha value is -9.74. The maximum atomic E-state index is 2.50. The SMILES string of the molecule is Cc1ccccc1-c1c(C)ccc2c1c1cc(N(c3cccc(-c4cccc(N(c5ccc(C6C=CC=CC6)cc5)c5cccc6ccccc56)c4)c3)c3ccc4sc5ccccc5c4c3)ccc1n2-c1cccc2ccccc12. The summed E-state index contributed by atoms with van der Waals surface area (Å²) in [6.07, 6.45) is 9.91. The largest absolute Gasteiger partial charge is 0.310 e. The molecule has 0 saturated carbocycles. The average molecular weight is 1040 g/mol. The molecule has 0 fully saturated rings. The van der Waals surface area contributed by atoms with Crippen molar-refractivity contribution in [2.45, 2.75) is 26.2 Å². The fourth-order valence-corrected chi connectivity index (χ4v) is 13.8. The van der Waals surface area contributed by atoms with Gasteiger partial charge >= 0.3 is 0 Å². The van der Waals surface area contributed by atoms with E-state index in [0.29, 0.717) is 5.92 Å². The Bertz CT molecular complexity index is 4790. The highest BCUT2D eigenvalue weighted by atomic mass is 32.1. The van der Waals surface area contributed by atoms with Gasteiger partial charge in [-0.1, -0.05) is 182 Å². The number of anilines is 6. The lowest BCUT2D eigenvalue weighted by molar-refractivity contribution is 0.854. The number of fused-ring (bicyclic) bond motifs is 8. The molecule has 0 radical (unpaired) electrons. The van der Waals surface area contributed by atoms with Gasteiger partial charge < -0.3 is 14.4 Å². The van der Waals surface area contributed by atoms with Gasteiger partial charge in [0, 0.05) is 76.1 Å². The lowest BCUT2D eigenvalue weighted by atomic mass is 9.92. The molecule has 0 aliphatic heterocycles. The molecule has 4 heteroatoms. The van der Waals surface area contributed by atoms with Crippen molar-refractivity contribution < 1.29 is 0 Å². The summed E-state index contributed by atoms with van der Waals surface area (Å²) in [5.41, 5.74) is 18.8. The van der Waals surface area contributed by atoms with Crippen LogP contribution in [0.1, 0.15) is 29.0 Å². The van der Waals surface area contributed by atoms with Gasteiger partial charge in [0.05, 0.1) is 22.4 Å². The predicted octanol–water partition coefficient (Wildman–Crippen LogP) is 21.9. The van der Waals surface area contributed by atoms with Crippen LogP contribution in [0.5, 0.6) is 0 Å². The lowest BCUT2D eigenvalue weighted by Crippen LogP contribution is -2.11. The number of thiophene rings is 1. The minimum Gasteiger partial charge on any atom is -0.310 e. The molecule has 15 rings (SSSR count). The van der Waals surface area contributed by atoms with Crippen LogP contribution >= 0.6 is 11.3 Å². The van der Waals surface area contributed by atoms with E-state index in [0.717, 1.165) is 51.7 Å². The van der Waals surface area contributed by atoms with Crippen LogP contribution in [0.25, 0.3) is 91.5 Å².